The van der Waals surface area contributed by atoms with Crippen LogP contribution in [0.4, 0.5) is 4.79 Å². The van der Waals surface area contributed by atoms with Crippen molar-refractivity contribution in [3.63, 3.8) is 0 Å². The number of nitrogens with one attached hydrogen (secondary N) is 3. The molecular formula is C11H19N3O5. The Morgan fingerprint density at radius 2 is 1.95 bits per heavy atom. The van der Waals surface area contributed by atoms with Crippen molar-refractivity contribution in [3.05, 3.63) is 0 Å². The summed E-state index contributed by atoms with van der Waals surface area (Å²) in [4.78, 5) is 33.4. The lowest BCUT2D eigenvalue weighted by Crippen LogP contribution is -2.47. The van der Waals surface area contributed by atoms with Crippen molar-refractivity contribution in [2.75, 3.05) is 13.2 Å². The van der Waals surface area contributed by atoms with Gasteiger partial charge in [-0.2, -0.15) is 0 Å². The monoisotopic (exact) mass is 273 g/mol. The number of carboxylic acid groups (broad SMARTS) is 1. The van der Waals surface area contributed by atoms with Gasteiger partial charge in [0.05, 0.1) is 0 Å². The first-order valence-corrected chi connectivity index (χ1v) is 6.20. The zero-order valence-electron chi connectivity index (χ0n) is 10.5. The lowest BCUT2D eigenvalue weighted by molar-refractivity contribution is -0.139. The van der Waals surface area contributed by atoms with Crippen molar-refractivity contribution >= 4 is 17.9 Å². The molecule has 0 spiro atoms. The van der Waals surface area contributed by atoms with Crippen molar-refractivity contribution in [3.8, 4) is 0 Å². The molecule has 108 valence electrons. The fraction of sp³-hybridized carbons (Fsp3) is 0.727. The van der Waals surface area contributed by atoms with Crippen LogP contribution in [0.3, 0.4) is 0 Å². The number of aliphatic hydroxyl groups is 1. The summed E-state index contributed by atoms with van der Waals surface area (Å²) in [6.45, 7) is -0.198. The Morgan fingerprint density at radius 1 is 1.26 bits per heavy atom. The van der Waals surface area contributed by atoms with Crippen molar-refractivity contribution < 1.29 is 24.6 Å². The largest absolute Gasteiger partial charge is 0.480 e. The average molecular weight is 273 g/mol. The van der Waals surface area contributed by atoms with E-state index in [1.54, 1.807) is 0 Å². The van der Waals surface area contributed by atoms with Crippen molar-refractivity contribution in [2.24, 2.45) is 0 Å². The molecule has 8 nitrogen and oxygen atoms in total. The molecule has 1 rings (SSSR count). The van der Waals surface area contributed by atoms with E-state index in [1.165, 1.54) is 0 Å². The third-order valence-electron chi connectivity index (χ3n) is 2.60. The number of aliphatic carboxylic acids is 1. The van der Waals surface area contributed by atoms with Gasteiger partial charge in [-0.15, -0.1) is 0 Å². The summed E-state index contributed by atoms with van der Waals surface area (Å²) in [5, 5.41) is 24.8. The number of carbonyl (C=O) groups excluding carboxylic acids is 2. The van der Waals surface area contributed by atoms with Crippen LogP contribution in [0, 0.1) is 0 Å². The highest BCUT2D eigenvalue weighted by atomic mass is 16.4. The summed E-state index contributed by atoms with van der Waals surface area (Å²) in [5.41, 5.74) is 0. The molecule has 0 aliphatic heterocycles. The zero-order chi connectivity index (χ0) is 14.3. The fourth-order valence-electron chi connectivity index (χ4n) is 1.41. The van der Waals surface area contributed by atoms with Crippen LogP contribution < -0.4 is 16.0 Å². The third kappa shape index (κ3) is 6.61. The molecule has 0 saturated heterocycles. The molecule has 0 aromatic heterocycles. The van der Waals surface area contributed by atoms with Crippen LogP contribution in [0.2, 0.25) is 0 Å². The van der Waals surface area contributed by atoms with Crippen LogP contribution >= 0.6 is 0 Å². The van der Waals surface area contributed by atoms with E-state index in [0.717, 1.165) is 12.8 Å². The number of amides is 3. The number of aliphatic hydroxyl groups excluding tert-OH is 1. The maximum Gasteiger partial charge on any atom is 0.326 e. The predicted molar refractivity (Wildman–Crippen MR) is 65.4 cm³/mol. The maximum atomic E-state index is 11.3. The van der Waals surface area contributed by atoms with E-state index in [0.29, 0.717) is 0 Å². The average Bonchev–Trinajstić information content (AvgIpc) is 3.12. The van der Waals surface area contributed by atoms with E-state index in [-0.39, 0.29) is 37.9 Å². The number of hydrogen-bond donors (Lipinski definition) is 5. The van der Waals surface area contributed by atoms with Gasteiger partial charge in [-0.3, -0.25) is 4.79 Å². The van der Waals surface area contributed by atoms with E-state index in [2.05, 4.69) is 16.0 Å². The minimum absolute atomic E-state index is 0.0646. The van der Waals surface area contributed by atoms with Crippen molar-refractivity contribution in [1.29, 1.82) is 0 Å². The topological polar surface area (TPSA) is 128 Å². The predicted octanol–water partition coefficient (Wildman–Crippen LogP) is -1.21. The Morgan fingerprint density at radius 3 is 2.47 bits per heavy atom. The lowest BCUT2D eigenvalue weighted by atomic mass is 10.2. The molecule has 19 heavy (non-hydrogen) atoms. The number of rotatable bonds is 8. The summed E-state index contributed by atoms with van der Waals surface area (Å²) < 4.78 is 0. The van der Waals surface area contributed by atoms with Crippen molar-refractivity contribution in [2.45, 2.75) is 37.8 Å². The Hall–Kier alpha value is -1.83. The summed E-state index contributed by atoms with van der Waals surface area (Å²) in [6, 6.07) is -1.52. The van der Waals surface area contributed by atoms with E-state index in [4.69, 9.17) is 10.2 Å². The van der Waals surface area contributed by atoms with Gasteiger partial charge in [-0.1, -0.05) is 0 Å². The number of carboxylic acids is 1. The highest BCUT2D eigenvalue weighted by Crippen LogP contribution is 2.18. The molecular weight excluding hydrogens is 254 g/mol. The Kier molecular flexibility index (Phi) is 6.07. The fourth-order valence-corrected chi connectivity index (χ4v) is 1.41. The first-order valence-electron chi connectivity index (χ1n) is 6.20. The molecule has 1 saturated carbocycles. The molecule has 0 heterocycles. The van der Waals surface area contributed by atoms with Crippen LogP contribution in [-0.2, 0) is 9.59 Å². The van der Waals surface area contributed by atoms with Gasteiger partial charge in [0.25, 0.3) is 0 Å². The number of urea groups is 1. The molecule has 3 amide bonds. The second kappa shape index (κ2) is 7.57. The lowest BCUT2D eigenvalue weighted by Gasteiger charge is -2.13. The molecule has 0 aromatic rings. The molecule has 0 bridgehead atoms. The Bertz CT molecular complexity index is 343. The minimum atomic E-state index is -1.21. The van der Waals surface area contributed by atoms with E-state index in [9.17, 15) is 14.4 Å². The zero-order valence-corrected chi connectivity index (χ0v) is 10.5. The van der Waals surface area contributed by atoms with Gasteiger partial charge in [-0.25, -0.2) is 9.59 Å². The van der Waals surface area contributed by atoms with E-state index >= 15 is 0 Å². The molecule has 1 atom stereocenters. The Labute approximate surface area is 110 Å². The second-order valence-corrected chi connectivity index (χ2v) is 4.40. The standard InChI is InChI=1S/C11H19N3O5/c15-6-4-8(10(17)18)14-11(19)12-5-3-9(16)13-7-1-2-7/h7-8,15H,1-6H2,(H,13,16)(H,17,18)(H2,12,14,19). The first-order chi connectivity index (χ1) is 9.02. The van der Waals surface area contributed by atoms with Gasteiger partial charge in [0.1, 0.15) is 6.04 Å². The van der Waals surface area contributed by atoms with Crippen molar-refractivity contribution in [1.82, 2.24) is 16.0 Å². The summed E-state index contributed by atoms with van der Waals surface area (Å²) in [5.74, 6) is -1.34. The van der Waals surface area contributed by atoms with Crippen LogP contribution in [-0.4, -0.2) is 53.4 Å². The van der Waals surface area contributed by atoms with E-state index in [1.807, 2.05) is 0 Å². The van der Waals surface area contributed by atoms with Crippen LogP contribution in [0.5, 0.6) is 0 Å². The molecule has 5 N–H and O–H groups in total. The van der Waals surface area contributed by atoms with Crippen LogP contribution in [0.25, 0.3) is 0 Å². The van der Waals surface area contributed by atoms with Gasteiger partial charge in [0.2, 0.25) is 5.91 Å². The summed E-state index contributed by atoms with van der Waals surface area (Å²) in [6.07, 6.45) is 2.09. The molecule has 0 radical (unpaired) electrons. The second-order valence-electron chi connectivity index (χ2n) is 4.40. The first kappa shape index (κ1) is 15.2. The molecule has 1 aliphatic rings. The highest BCUT2D eigenvalue weighted by Gasteiger charge is 2.23. The van der Waals surface area contributed by atoms with Crippen LogP contribution in [0.15, 0.2) is 0 Å². The van der Waals surface area contributed by atoms with Gasteiger partial charge in [-0.05, 0) is 12.8 Å². The molecule has 1 aliphatic carbocycles. The maximum absolute atomic E-state index is 11.3. The van der Waals surface area contributed by atoms with E-state index < -0.39 is 18.0 Å². The quantitative estimate of drug-likeness (QED) is 0.379. The van der Waals surface area contributed by atoms with Gasteiger partial charge < -0.3 is 26.2 Å². The summed E-state index contributed by atoms with van der Waals surface area (Å²) in [7, 11) is 0. The van der Waals surface area contributed by atoms with Crippen LogP contribution in [0.1, 0.15) is 25.7 Å². The molecule has 8 heteroatoms. The molecule has 1 unspecified atom stereocenters. The van der Waals surface area contributed by atoms with Gasteiger partial charge >= 0.3 is 12.0 Å². The smallest absolute Gasteiger partial charge is 0.326 e. The van der Waals surface area contributed by atoms with Gasteiger partial charge in [0.15, 0.2) is 0 Å². The third-order valence-corrected chi connectivity index (χ3v) is 2.60. The normalized spacial score (nSPS) is 15.4. The molecule has 0 aromatic carbocycles. The van der Waals surface area contributed by atoms with Gasteiger partial charge in [0, 0.05) is 32.0 Å². The minimum Gasteiger partial charge on any atom is -0.480 e. The number of hydrogen-bond acceptors (Lipinski definition) is 4. The summed E-state index contributed by atoms with van der Waals surface area (Å²) >= 11 is 0. The Balaban J connectivity index is 2.14. The number of carbonyl (C=O) groups is 3. The molecule has 1 fully saturated rings. The highest BCUT2D eigenvalue weighted by molar-refractivity contribution is 5.83. The SMILES string of the molecule is O=C(CCNC(=O)NC(CCO)C(=O)O)NC1CC1.